The van der Waals surface area contributed by atoms with E-state index < -0.39 is 0 Å². The Labute approximate surface area is 121 Å². The average Bonchev–Trinajstić information content (AvgIpc) is 2.76. The van der Waals surface area contributed by atoms with Crippen LogP contribution in [0.5, 0.6) is 0 Å². The summed E-state index contributed by atoms with van der Waals surface area (Å²) >= 11 is 0. The molecule has 0 radical (unpaired) electrons. The van der Waals surface area contributed by atoms with Crippen LogP contribution in [-0.4, -0.2) is 17.8 Å². The fourth-order valence-electron chi connectivity index (χ4n) is 2.74. The van der Waals surface area contributed by atoms with Crippen molar-refractivity contribution in [3.63, 3.8) is 0 Å². The van der Waals surface area contributed by atoms with Crippen molar-refractivity contribution in [1.29, 1.82) is 0 Å². The lowest BCUT2D eigenvalue weighted by molar-refractivity contribution is 0.163. The van der Waals surface area contributed by atoms with Crippen LogP contribution < -0.4 is 5.32 Å². The Morgan fingerprint density at radius 1 is 1.25 bits per heavy atom. The largest absolute Gasteiger partial charge is 0.461 e. The Morgan fingerprint density at radius 2 is 2.00 bits per heavy atom. The standard InChI is InChI=1S/C17H25NO2/c1-4-16-15(11-18-10-12(2)9-13(3)19)14-7-5-6-8-17(14)20-16/h5-8,12-13,18-19H,4,9-11H2,1-3H3. The zero-order chi connectivity index (χ0) is 14.5. The van der Waals surface area contributed by atoms with Gasteiger partial charge in [-0.25, -0.2) is 0 Å². The van der Waals surface area contributed by atoms with Gasteiger partial charge in [0.05, 0.1) is 6.10 Å². The molecule has 0 aliphatic carbocycles. The minimum Gasteiger partial charge on any atom is -0.461 e. The number of benzene rings is 1. The van der Waals surface area contributed by atoms with Crippen molar-refractivity contribution in [2.45, 2.75) is 46.3 Å². The van der Waals surface area contributed by atoms with E-state index in [0.29, 0.717) is 5.92 Å². The van der Waals surface area contributed by atoms with Crippen molar-refractivity contribution < 1.29 is 9.52 Å². The summed E-state index contributed by atoms with van der Waals surface area (Å²) in [5, 5.41) is 14.1. The lowest BCUT2D eigenvalue weighted by atomic mass is 10.0. The molecule has 2 atom stereocenters. The third-order valence-electron chi connectivity index (χ3n) is 3.64. The molecule has 0 saturated carbocycles. The number of rotatable bonds is 7. The Balaban J connectivity index is 2.02. The number of hydrogen-bond acceptors (Lipinski definition) is 3. The Morgan fingerprint density at radius 3 is 2.70 bits per heavy atom. The summed E-state index contributed by atoms with van der Waals surface area (Å²) in [6.45, 7) is 7.86. The number of para-hydroxylation sites is 1. The fraction of sp³-hybridized carbons (Fsp3) is 0.529. The second-order valence-electron chi connectivity index (χ2n) is 5.67. The van der Waals surface area contributed by atoms with E-state index in [-0.39, 0.29) is 6.10 Å². The zero-order valence-electron chi connectivity index (χ0n) is 12.6. The van der Waals surface area contributed by atoms with E-state index in [2.05, 4.69) is 31.3 Å². The van der Waals surface area contributed by atoms with E-state index in [9.17, 15) is 5.11 Å². The van der Waals surface area contributed by atoms with Gasteiger partial charge in [-0.15, -0.1) is 0 Å². The highest BCUT2D eigenvalue weighted by Crippen LogP contribution is 2.26. The molecular formula is C17H25NO2. The van der Waals surface area contributed by atoms with Crippen LogP contribution in [0.1, 0.15) is 38.5 Å². The van der Waals surface area contributed by atoms with Gasteiger partial charge in [-0.2, -0.15) is 0 Å². The molecule has 2 N–H and O–H groups in total. The first-order valence-corrected chi connectivity index (χ1v) is 7.49. The number of aryl methyl sites for hydroxylation is 1. The van der Waals surface area contributed by atoms with Crippen molar-refractivity contribution in [3.8, 4) is 0 Å². The van der Waals surface area contributed by atoms with Crippen LogP contribution in [0.15, 0.2) is 28.7 Å². The van der Waals surface area contributed by atoms with Gasteiger partial charge in [0.25, 0.3) is 0 Å². The Bertz CT molecular complexity index is 545. The maximum atomic E-state index is 9.39. The second-order valence-corrected chi connectivity index (χ2v) is 5.67. The van der Waals surface area contributed by atoms with Crippen LogP contribution in [0, 0.1) is 5.92 Å². The van der Waals surface area contributed by atoms with Crippen LogP contribution in [0.25, 0.3) is 11.0 Å². The first-order chi connectivity index (χ1) is 9.61. The van der Waals surface area contributed by atoms with Crippen LogP contribution in [0.4, 0.5) is 0 Å². The van der Waals surface area contributed by atoms with E-state index in [1.54, 1.807) is 0 Å². The topological polar surface area (TPSA) is 45.4 Å². The number of hydrogen-bond donors (Lipinski definition) is 2. The average molecular weight is 275 g/mol. The summed E-state index contributed by atoms with van der Waals surface area (Å²) in [6, 6.07) is 8.20. The van der Waals surface area contributed by atoms with Crippen LogP contribution >= 0.6 is 0 Å². The lowest BCUT2D eigenvalue weighted by Gasteiger charge is -2.14. The maximum absolute atomic E-state index is 9.39. The molecule has 20 heavy (non-hydrogen) atoms. The molecule has 1 heterocycles. The summed E-state index contributed by atoms with van der Waals surface area (Å²) in [5.74, 6) is 1.54. The first-order valence-electron chi connectivity index (χ1n) is 7.49. The van der Waals surface area contributed by atoms with Crippen molar-refractivity contribution in [3.05, 3.63) is 35.6 Å². The molecule has 1 aromatic heterocycles. The number of aliphatic hydroxyl groups is 1. The predicted octanol–water partition coefficient (Wildman–Crippen LogP) is 3.49. The summed E-state index contributed by atoms with van der Waals surface area (Å²) < 4.78 is 5.89. The van der Waals surface area contributed by atoms with Crippen LogP contribution in [-0.2, 0) is 13.0 Å². The molecule has 2 aromatic rings. The molecule has 0 amide bonds. The second kappa shape index (κ2) is 6.91. The summed E-state index contributed by atoms with van der Waals surface area (Å²) in [5.41, 5.74) is 2.24. The molecule has 110 valence electrons. The quantitative estimate of drug-likeness (QED) is 0.813. The van der Waals surface area contributed by atoms with Gasteiger partial charge in [-0.1, -0.05) is 32.0 Å². The smallest absolute Gasteiger partial charge is 0.134 e. The number of aliphatic hydroxyl groups excluding tert-OH is 1. The number of furan rings is 1. The van der Waals surface area contributed by atoms with E-state index in [1.807, 2.05) is 19.1 Å². The highest BCUT2D eigenvalue weighted by molar-refractivity contribution is 5.82. The van der Waals surface area contributed by atoms with Gasteiger partial charge in [0, 0.05) is 23.9 Å². The normalized spacial score (nSPS) is 14.6. The molecule has 0 spiro atoms. The number of fused-ring (bicyclic) bond motifs is 1. The van der Waals surface area contributed by atoms with E-state index in [0.717, 1.165) is 37.3 Å². The minimum absolute atomic E-state index is 0.229. The minimum atomic E-state index is -0.229. The third kappa shape index (κ3) is 3.62. The van der Waals surface area contributed by atoms with Crippen molar-refractivity contribution in [2.24, 2.45) is 5.92 Å². The van der Waals surface area contributed by atoms with Gasteiger partial charge in [0.1, 0.15) is 11.3 Å². The van der Waals surface area contributed by atoms with Gasteiger partial charge in [0.15, 0.2) is 0 Å². The molecule has 1 aromatic carbocycles. The van der Waals surface area contributed by atoms with Gasteiger partial charge in [-0.3, -0.25) is 0 Å². The summed E-state index contributed by atoms with van der Waals surface area (Å²) in [7, 11) is 0. The molecule has 0 bridgehead atoms. The van der Waals surface area contributed by atoms with Gasteiger partial charge >= 0.3 is 0 Å². The van der Waals surface area contributed by atoms with Crippen LogP contribution in [0.2, 0.25) is 0 Å². The molecule has 0 fully saturated rings. The fourth-order valence-corrected chi connectivity index (χ4v) is 2.74. The third-order valence-corrected chi connectivity index (χ3v) is 3.64. The molecule has 0 saturated heterocycles. The monoisotopic (exact) mass is 275 g/mol. The van der Waals surface area contributed by atoms with Gasteiger partial charge < -0.3 is 14.8 Å². The Hall–Kier alpha value is -1.32. The SMILES string of the molecule is CCc1oc2ccccc2c1CNCC(C)CC(C)O. The van der Waals surface area contributed by atoms with Crippen LogP contribution in [0.3, 0.4) is 0 Å². The predicted molar refractivity (Wildman–Crippen MR) is 82.8 cm³/mol. The summed E-state index contributed by atoms with van der Waals surface area (Å²) in [4.78, 5) is 0. The van der Waals surface area contributed by atoms with Crippen molar-refractivity contribution >= 4 is 11.0 Å². The van der Waals surface area contributed by atoms with E-state index in [1.165, 1.54) is 10.9 Å². The molecule has 3 nitrogen and oxygen atoms in total. The molecule has 0 aliphatic heterocycles. The Kier molecular flexibility index (Phi) is 5.21. The molecule has 3 heteroatoms. The van der Waals surface area contributed by atoms with Crippen molar-refractivity contribution in [2.75, 3.05) is 6.54 Å². The number of nitrogens with one attached hydrogen (secondary N) is 1. The molecule has 2 rings (SSSR count). The van der Waals surface area contributed by atoms with Gasteiger partial charge in [0.2, 0.25) is 0 Å². The highest BCUT2D eigenvalue weighted by atomic mass is 16.3. The first kappa shape index (κ1) is 15.1. The highest BCUT2D eigenvalue weighted by Gasteiger charge is 2.12. The molecular weight excluding hydrogens is 250 g/mol. The summed E-state index contributed by atoms with van der Waals surface area (Å²) in [6.07, 6.45) is 1.52. The maximum Gasteiger partial charge on any atom is 0.134 e. The zero-order valence-corrected chi connectivity index (χ0v) is 12.6. The van der Waals surface area contributed by atoms with E-state index >= 15 is 0 Å². The van der Waals surface area contributed by atoms with Crippen molar-refractivity contribution in [1.82, 2.24) is 5.32 Å². The molecule has 2 unspecified atom stereocenters. The van der Waals surface area contributed by atoms with Gasteiger partial charge in [-0.05, 0) is 31.9 Å². The lowest BCUT2D eigenvalue weighted by Crippen LogP contribution is -2.23. The molecule has 0 aliphatic rings. The van der Waals surface area contributed by atoms with E-state index in [4.69, 9.17) is 4.42 Å².